The number of aryl methyl sites for hydroxylation is 2. The number of pyridine rings is 1. The van der Waals surface area contributed by atoms with Crippen LogP contribution in [0.5, 0.6) is 0 Å². The number of halogens is 1. The van der Waals surface area contributed by atoms with Gasteiger partial charge in [0, 0.05) is 32.0 Å². The number of nitrogens with one attached hydrogen (secondary N) is 1. The molecular formula is C27H27FN4O2. The molecule has 1 amide bonds. The molecule has 7 heteroatoms. The summed E-state index contributed by atoms with van der Waals surface area (Å²) in [5, 5.41) is 2.84. The molecule has 4 aromatic rings. The minimum atomic E-state index is -0.300. The Kier molecular flexibility index (Phi) is 7.44. The van der Waals surface area contributed by atoms with Crippen LogP contribution in [0.3, 0.4) is 0 Å². The highest BCUT2D eigenvalue weighted by Crippen LogP contribution is 2.18. The summed E-state index contributed by atoms with van der Waals surface area (Å²) in [5.74, 6) is -0.118. The van der Waals surface area contributed by atoms with Crippen LogP contribution in [0.1, 0.15) is 44.2 Å². The number of hydrogen-bond acceptors (Lipinski definition) is 5. The van der Waals surface area contributed by atoms with Gasteiger partial charge in [-0.3, -0.25) is 14.7 Å². The second-order valence-electron chi connectivity index (χ2n) is 8.37. The molecule has 174 valence electrons. The molecule has 0 fully saturated rings. The average molecular weight is 459 g/mol. The van der Waals surface area contributed by atoms with Gasteiger partial charge in [-0.05, 0) is 60.4 Å². The summed E-state index contributed by atoms with van der Waals surface area (Å²) in [5.41, 5.74) is 5.74. The van der Waals surface area contributed by atoms with E-state index in [1.54, 1.807) is 24.5 Å². The van der Waals surface area contributed by atoms with Crippen molar-refractivity contribution >= 4 is 5.91 Å². The van der Waals surface area contributed by atoms with Crippen molar-refractivity contribution in [1.82, 2.24) is 20.2 Å². The van der Waals surface area contributed by atoms with E-state index in [0.29, 0.717) is 32.1 Å². The van der Waals surface area contributed by atoms with E-state index in [4.69, 9.17) is 4.42 Å². The highest BCUT2D eigenvalue weighted by Gasteiger charge is 2.16. The predicted octanol–water partition coefficient (Wildman–Crippen LogP) is 4.96. The Bertz CT molecular complexity index is 1240. The number of rotatable bonds is 9. The summed E-state index contributed by atoms with van der Waals surface area (Å²) in [6.45, 7) is 6.19. The summed E-state index contributed by atoms with van der Waals surface area (Å²) in [6.07, 6.45) is 4.74. The molecule has 0 saturated heterocycles. The van der Waals surface area contributed by atoms with Gasteiger partial charge in [-0.25, -0.2) is 9.37 Å². The van der Waals surface area contributed by atoms with Crippen molar-refractivity contribution in [2.45, 2.75) is 40.0 Å². The summed E-state index contributed by atoms with van der Waals surface area (Å²) < 4.78 is 19.0. The molecule has 0 radical (unpaired) electrons. The van der Waals surface area contributed by atoms with Crippen molar-refractivity contribution in [2.75, 3.05) is 0 Å². The van der Waals surface area contributed by atoms with Crippen LogP contribution in [0.25, 0.3) is 0 Å². The fourth-order valence-electron chi connectivity index (χ4n) is 3.68. The first-order valence-electron chi connectivity index (χ1n) is 11.1. The predicted molar refractivity (Wildman–Crippen MR) is 127 cm³/mol. The lowest BCUT2D eigenvalue weighted by Crippen LogP contribution is -2.24. The van der Waals surface area contributed by atoms with E-state index in [-0.39, 0.29) is 17.4 Å². The monoisotopic (exact) mass is 458 g/mol. The molecule has 0 spiro atoms. The Labute approximate surface area is 198 Å². The number of nitrogens with zero attached hydrogens (tertiary/aromatic N) is 3. The van der Waals surface area contributed by atoms with E-state index < -0.39 is 0 Å². The SMILES string of the molecule is Cc1ccc(C)c(CN(Cc2ccc(F)cc2)Cc2nc(C(=O)NCc3ccncc3)co2)c1. The number of carbonyl (C=O) groups excluding carboxylic acids is 1. The number of carbonyl (C=O) groups is 1. The maximum absolute atomic E-state index is 13.4. The van der Waals surface area contributed by atoms with E-state index in [9.17, 15) is 9.18 Å². The van der Waals surface area contributed by atoms with Crippen molar-refractivity contribution in [1.29, 1.82) is 0 Å². The number of aromatic nitrogens is 2. The first-order chi connectivity index (χ1) is 16.5. The van der Waals surface area contributed by atoms with E-state index in [1.807, 2.05) is 12.1 Å². The van der Waals surface area contributed by atoms with Crippen LogP contribution in [-0.4, -0.2) is 20.8 Å². The molecule has 34 heavy (non-hydrogen) atoms. The van der Waals surface area contributed by atoms with Gasteiger partial charge in [0.05, 0.1) is 6.54 Å². The zero-order chi connectivity index (χ0) is 23.9. The molecule has 0 bridgehead atoms. The maximum atomic E-state index is 13.4. The zero-order valence-electron chi connectivity index (χ0n) is 19.3. The van der Waals surface area contributed by atoms with Crippen LogP contribution >= 0.6 is 0 Å². The first kappa shape index (κ1) is 23.3. The van der Waals surface area contributed by atoms with Gasteiger partial charge < -0.3 is 9.73 Å². The molecule has 1 N–H and O–H groups in total. The van der Waals surface area contributed by atoms with E-state index in [1.165, 1.54) is 35.1 Å². The van der Waals surface area contributed by atoms with Crippen molar-refractivity contribution in [3.05, 3.63) is 118 Å². The third-order valence-electron chi connectivity index (χ3n) is 5.56. The summed E-state index contributed by atoms with van der Waals surface area (Å²) in [4.78, 5) is 23.1. The molecule has 0 aliphatic heterocycles. The minimum absolute atomic E-state index is 0.234. The van der Waals surface area contributed by atoms with Crippen LogP contribution in [0.4, 0.5) is 4.39 Å². The number of benzene rings is 2. The molecule has 4 rings (SSSR count). The van der Waals surface area contributed by atoms with Gasteiger partial charge in [0.15, 0.2) is 5.69 Å². The summed E-state index contributed by atoms with van der Waals surface area (Å²) in [6, 6.07) is 16.5. The van der Waals surface area contributed by atoms with Gasteiger partial charge >= 0.3 is 0 Å². The van der Waals surface area contributed by atoms with Crippen LogP contribution < -0.4 is 5.32 Å². The summed E-state index contributed by atoms with van der Waals surface area (Å²) >= 11 is 0. The van der Waals surface area contributed by atoms with Gasteiger partial charge in [0.1, 0.15) is 12.1 Å². The van der Waals surface area contributed by atoms with Crippen LogP contribution in [0.2, 0.25) is 0 Å². The Balaban J connectivity index is 1.47. The molecule has 2 aromatic carbocycles. The minimum Gasteiger partial charge on any atom is -0.447 e. The van der Waals surface area contributed by atoms with Crippen LogP contribution in [0, 0.1) is 19.7 Å². The van der Waals surface area contributed by atoms with Gasteiger partial charge in [0.2, 0.25) is 5.89 Å². The number of oxazole rings is 1. The third-order valence-corrected chi connectivity index (χ3v) is 5.56. The molecule has 2 heterocycles. The second kappa shape index (κ2) is 10.9. The lowest BCUT2D eigenvalue weighted by molar-refractivity contribution is 0.0945. The van der Waals surface area contributed by atoms with Crippen molar-refractivity contribution < 1.29 is 13.6 Å². The number of hydrogen-bond donors (Lipinski definition) is 1. The Morgan fingerprint density at radius 3 is 2.50 bits per heavy atom. The molecule has 0 unspecified atom stereocenters. The summed E-state index contributed by atoms with van der Waals surface area (Å²) in [7, 11) is 0. The second-order valence-corrected chi connectivity index (χ2v) is 8.37. The third kappa shape index (κ3) is 6.36. The highest BCUT2D eigenvalue weighted by atomic mass is 19.1. The molecule has 0 aliphatic carbocycles. The smallest absolute Gasteiger partial charge is 0.273 e. The quantitative estimate of drug-likeness (QED) is 0.384. The lowest BCUT2D eigenvalue weighted by Gasteiger charge is -2.22. The van der Waals surface area contributed by atoms with Gasteiger partial charge in [-0.2, -0.15) is 0 Å². The Morgan fingerprint density at radius 1 is 0.971 bits per heavy atom. The first-order valence-corrected chi connectivity index (χ1v) is 11.1. The normalized spacial score (nSPS) is 11.1. The average Bonchev–Trinajstić information content (AvgIpc) is 3.30. The molecule has 0 aliphatic rings. The molecular weight excluding hydrogens is 431 g/mol. The number of amides is 1. The highest BCUT2D eigenvalue weighted by molar-refractivity contribution is 5.91. The van der Waals surface area contributed by atoms with Crippen molar-refractivity contribution in [2.24, 2.45) is 0 Å². The van der Waals surface area contributed by atoms with Gasteiger partial charge in [-0.1, -0.05) is 35.9 Å². The Hall–Kier alpha value is -3.84. The fourth-order valence-corrected chi connectivity index (χ4v) is 3.68. The van der Waals surface area contributed by atoms with Crippen LogP contribution in [-0.2, 0) is 26.2 Å². The molecule has 0 atom stereocenters. The molecule has 2 aromatic heterocycles. The Morgan fingerprint density at radius 2 is 1.74 bits per heavy atom. The van der Waals surface area contributed by atoms with Crippen molar-refractivity contribution in [3.8, 4) is 0 Å². The van der Waals surface area contributed by atoms with Gasteiger partial charge in [0.25, 0.3) is 5.91 Å². The lowest BCUT2D eigenvalue weighted by atomic mass is 10.0. The van der Waals surface area contributed by atoms with E-state index >= 15 is 0 Å². The topological polar surface area (TPSA) is 71.3 Å². The fraction of sp³-hybridized carbons (Fsp3) is 0.222. The maximum Gasteiger partial charge on any atom is 0.273 e. The van der Waals surface area contributed by atoms with E-state index in [2.05, 4.69) is 52.2 Å². The van der Waals surface area contributed by atoms with Crippen molar-refractivity contribution in [3.63, 3.8) is 0 Å². The standard InChI is InChI=1S/C27H27FN4O2/c1-19-3-4-20(2)23(13-19)16-32(15-22-5-7-24(28)8-6-22)17-26-31-25(18-34-26)27(33)30-14-21-9-11-29-12-10-21/h3-13,18H,14-17H2,1-2H3,(H,30,33). The molecule has 6 nitrogen and oxygen atoms in total. The molecule has 0 saturated carbocycles. The zero-order valence-corrected chi connectivity index (χ0v) is 19.3. The largest absolute Gasteiger partial charge is 0.447 e. The van der Waals surface area contributed by atoms with Gasteiger partial charge in [-0.15, -0.1) is 0 Å². The van der Waals surface area contributed by atoms with E-state index in [0.717, 1.165) is 11.1 Å². The van der Waals surface area contributed by atoms with Crippen LogP contribution in [0.15, 0.2) is 77.7 Å².